The molecule has 0 spiro atoms. The average Bonchev–Trinajstić information content (AvgIpc) is 3.19. The van der Waals surface area contributed by atoms with Gasteiger partial charge >= 0.3 is 26.2 Å². The van der Waals surface area contributed by atoms with Crippen LogP contribution in [0, 0.1) is 20.8 Å². The molecular weight excluding hydrogens is 486 g/mol. The van der Waals surface area contributed by atoms with Gasteiger partial charge in [-0.2, -0.15) is 0 Å². The number of aryl methyl sites for hydroxylation is 3. The number of hydrogen-bond donors (Lipinski definition) is 0. The largest absolute Gasteiger partial charge is 3.00 e. The molecule has 30 heavy (non-hydrogen) atoms. The fourth-order valence-corrected chi connectivity index (χ4v) is 3.35. The predicted octanol–water partition coefficient (Wildman–Crippen LogP) is 1.81. The van der Waals surface area contributed by atoms with Crippen LogP contribution in [-0.2, 0) is 26.2 Å². The van der Waals surface area contributed by atoms with Crippen molar-refractivity contribution in [2.45, 2.75) is 41.0 Å². The molecular formula is C27H29Cl2Zr. The standard InChI is InChI=1S/C14H15.C13H14.2ClH.Zr/c1-10-4-6-13(7-5-10)14-8-11(2)12(3)9-14;1-10-8-13(9-11(10)2)12-6-4-3-5-7-12;;;/h4-9H,1-3H3;3-8H,9H2,1-2H3;2*1H;/q-1;;;;+3/p-2. The first-order chi connectivity index (χ1) is 12.9. The molecule has 4 rings (SSSR count). The van der Waals surface area contributed by atoms with Crippen molar-refractivity contribution in [1.82, 2.24) is 0 Å². The van der Waals surface area contributed by atoms with Crippen molar-refractivity contribution < 1.29 is 51.0 Å². The van der Waals surface area contributed by atoms with Crippen molar-refractivity contribution in [1.29, 1.82) is 0 Å². The maximum Gasteiger partial charge on any atom is 3.00 e. The van der Waals surface area contributed by atoms with E-state index in [9.17, 15) is 0 Å². The molecule has 1 aliphatic carbocycles. The molecule has 0 nitrogen and oxygen atoms in total. The maximum absolute atomic E-state index is 2.30. The minimum Gasteiger partial charge on any atom is -1.00 e. The van der Waals surface area contributed by atoms with E-state index in [0.29, 0.717) is 0 Å². The molecule has 155 valence electrons. The number of halogens is 2. The zero-order valence-corrected chi connectivity index (χ0v) is 22.4. The second-order valence-electron chi connectivity index (χ2n) is 7.65. The summed E-state index contributed by atoms with van der Waals surface area (Å²) in [4.78, 5) is 0. The fraction of sp³-hybridized carbons (Fsp3) is 0.222. The molecule has 0 aliphatic heterocycles. The van der Waals surface area contributed by atoms with E-state index in [1.165, 1.54) is 50.1 Å². The molecule has 0 amide bonds. The second kappa shape index (κ2) is 13.2. The third kappa shape index (κ3) is 7.45. The fourth-order valence-electron chi connectivity index (χ4n) is 3.35. The Morgan fingerprint density at radius 3 is 1.70 bits per heavy atom. The SMILES string of the molecule is CC1=C(C)CC(c2ccccc2)=C1.Cc1ccc(-[c-]2cc(C)c(C)c2)cc1.[Cl-].[Cl-].[Zr+3]. The van der Waals surface area contributed by atoms with E-state index in [1.54, 1.807) is 0 Å². The maximum atomic E-state index is 2.30. The molecule has 0 bridgehead atoms. The Kier molecular flexibility index (Phi) is 12.7. The number of hydrogen-bond acceptors (Lipinski definition) is 0. The van der Waals surface area contributed by atoms with Crippen LogP contribution in [0.15, 0.2) is 84.0 Å². The predicted molar refractivity (Wildman–Crippen MR) is 119 cm³/mol. The number of rotatable bonds is 2. The normalized spacial score (nSPS) is 12.0. The minimum atomic E-state index is 0. The topological polar surface area (TPSA) is 0 Å². The van der Waals surface area contributed by atoms with E-state index in [2.05, 4.69) is 107 Å². The van der Waals surface area contributed by atoms with Crippen molar-refractivity contribution in [3.63, 3.8) is 0 Å². The molecule has 0 unspecified atom stereocenters. The number of allylic oxidation sites excluding steroid dienone is 4. The minimum absolute atomic E-state index is 0. The monoisotopic (exact) mass is 513 g/mol. The summed E-state index contributed by atoms with van der Waals surface area (Å²) >= 11 is 0. The smallest absolute Gasteiger partial charge is 1.00 e. The molecule has 0 N–H and O–H groups in total. The van der Waals surface area contributed by atoms with Gasteiger partial charge in [0.2, 0.25) is 0 Å². The molecule has 0 heterocycles. The van der Waals surface area contributed by atoms with Gasteiger partial charge in [0.25, 0.3) is 0 Å². The zero-order chi connectivity index (χ0) is 19.4. The van der Waals surface area contributed by atoms with E-state index >= 15 is 0 Å². The van der Waals surface area contributed by atoms with E-state index in [0.717, 1.165) is 6.42 Å². The summed E-state index contributed by atoms with van der Waals surface area (Å²) in [6, 6.07) is 23.8. The molecule has 0 saturated carbocycles. The Balaban J connectivity index is 0.000000511. The average molecular weight is 516 g/mol. The van der Waals surface area contributed by atoms with Crippen molar-refractivity contribution in [2.75, 3.05) is 0 Å². The molecule has 3 aromatic carbocycles. The zero-order valence-electron chi connectivity index (χ0n) is 18.4. The third-order valence-electron chi connectivity index (χ3n) is 5.42. The van der Waals surface area contributed by atoms with E-state index in [4.69, 9.17) is 0 Å². The molecule has 1 radical (unpaired) electrons. The quantitative estimate of drug-likeness (QED) is 0.457. The summed E-state index contributed by atoms with van der Waals surface area (Å²) in [6.07, 6.45) is 3.42. The summed E-state index contributed by atoms with van der Waals surface area (Å²) in [5.74, 6) is 0. The molecule has 0 atom stereocenters. The van der Waals surface area contributed by atoms with E-state index in [-0.39, 0.29) is 51.0 Å². The summed E-state index contributed by atoms with van der Waals surface area (Å²) < 4.78 is 0. The molecule has 0 aromatic heterocycles. The summed E-state index contributed by atoms with van der Waals surface area (Å²) in [7, 11) is 0. The van der Waals surface area contributed by atoms with Crippen LogP contribution in [-0.4, -0.2) is 0 Å². The van der Waals surface area contributed by atoms with Crippen LogP contribution in [0.5, 0.6) is 0 Å². The van der Waals surface area contributed by atoms with Gasteiger partial charge in [0.05, 0.1) is 0 Å². The van der Waals surface area contributed by atoms with Crippen molar-refractivity contribution in [3.05, 3.63) is 106 Å². The van der Waals surface area contributed by atoms with Crippen molar-refractivity contribution in [2.24, 2.45) is 0 Å². The van der Waals surface area contributed by atoms with Crippen molar-refractivity contribution in [3.8, 4) is 11.1 Å². The Labute approximate surface area is 213 Å². The van der Waals surface area contributed by atoms with Gasteiger partial charge in [-0.05, 0) is 38.3 Å². The Hall–Kier alpha value is -1.27. The molecule has 0 saturated heterocycles. The summed E-state index contributed by atoms with van der Waals surface area (Å²) in [5.41, 5.74) is 12.5. The van der Waals surface area contributed by atoms with Crippen LogP contribution in [0.2, 0.25) is 0 Å². The van der Waals surface area contributed by atoms with E-state index in [1.807, 2.05) is 0 Å². The van der Waals surface area contributed by atoms with Gasteiger partial charge in [-0.1, -0.05) is 84.7 Å². The number of benzene rings is 2. The first-order valence-corrected chi connectivity index (χ1v) is 9.67. The Morgan fingerprint density at radius 2 is 1.23 bits per heavy atom. The third-order valence-corrected chi connectivity index (χ3v) is 5.42. The van der Waals surface area contributed by atoms with Crippen LogP contribution in [0.4, 0.5) is 0 Å². The molecule has 1 aliphatic rings. The Bertz CT molecular complexity index is 958. The second-order valence-corrected chi connectivity index (χ2v) is 7.65. The van der Waals surface area contributed by atoms with Gasteiger partial charge < -0.3 is 24.8 Å². The van der Waals surface area contributed by atoms with Crippen LogP contribution < -0.4 is 24.8 Å². The van der Waals surface area contributed by atoms with Crippen molar-refractivity contribution >= 4 is 5.57 Å². The molecule has 3 heteroatoms. The van der Waals surface area contributed by atoms with Gasteiger partial charge in [-0.25, -0.2) is 0 Å². The first kappa shape index (κ1) is 28.7. The van der Waals surface area contributed by atoms with Gasteiger partial charge in [0.1, 0.15) is 0 Å². The van der Waals surface area contributed by atoms with E-state index < -0.39 is 0 Å². The Morgan fingerprint density at radius 1 is 0.700 bits per heavy atom. The van der Waals surface area contributed by atoms with Crippen LogP contribution in [0.3, 0.4) is 0 Å². The van der Waals surface area contributed by atoms with Crippen LogP contribution >= 0.6 is 0 Å². The van der Waals surface area contributed by atoms with Gasteiger partial charge in [0.15, 0.2) is 0 Å². The first-order valence-electron chi connectivity index (χ1n) is 9.67. The van der Waals surface area contributed by atoms with Crippen LogP contribution in [0.25, 0.3) is 16.7 Å². The molecule has 0 fully saturated rings. The van der Waals surface area contributed by atoms with Crippen LogP contribution in [0.1, 0.15) is 42.5 Å². The van der Waals surface area contributed by atoms with Gasteiger partial charge in [0, 0.05) is 0 Å². The summed E-state index contributed by atoms with van der Waals surface area (Å²) in [6.45, 7) is 10.8. The van der Waals surface area contributed by atoms with Gasteiger partial charge in [-0.15, -0.1) is 41.0 Å². The summed E-state index contributed by atoms with van der Waals surface area (Å²) in [5, 5.41) is 0. The van der Waals surface area contributed by atoms with Gasteiger partial charge in [-0.3, -0.25) is 0 Å². The molecule has 3 aromatic rings.